The Hall–Kier alpha value is -0.610. The lowest BCUT2D eigenvalue weighted by Crippen LogP contribution is -2.60. The average Bonchev–Trinajstić information content (AvgIpc) is 2.18. The highest BCUT2D eigenvalue weighted by Gasteiger charge is 2.33. The molecule has 2 atom stereocenters. The number of fused-ring (bicyclic) bond motifs is 1. The van der Waals surface area contributed by atoms with E-state index in [1.165, 1.54) is 25.8 Å². The van der Waals surface area contributed by atoms with E-state index in [4.69, 9.17) is 5.73 Å². The molecule has 2 fully saturated rings. The standard InChI is InChI=1S/C10H19N3O/c11-10(14)7-8-9-3-1-2-5-13(9)6-4-12-8/h8-9,12H,1-7H2,(H2,11,14). The normalized spacial score (nSPS) is 33.7. The Kier molecular flexibility index (Phi) is 3.03. The van der Waals surface area contributed by atoms with Crippen LogP contribution in [0.2, 0.25) is 0 Å². The number of amides is 1. The quantitative estimate of drug-likeness (QED) is 0.638. The number of primary amides is 1. The number of hydrogen-bond acceptors (Lipinski definition) is 3. The van der Waals surface area contributed by atoms with Crippen LogP contribution in [0.25, 0.3) is 0 Å². The van der Waals surface area contributed by atoms with Gasteiger partial charge in [-0.1, -0.05) is 6.42 Å². The lowest BCUT2D eigenvalue weighted by molar-refractivity contribution is -0.119. The van der Waals surface area contributed by atoms with Crippen LogP contribution in [0.15, 0.2) is 0 Å². The third-order valence-corrected chi connectivity index (χ3v) is 3.36. The Labute approximate surface area is 84.8 Å². The van der Waals surface area contributed by atoms with Crippen LogP contribution in [0.3, 0.4) is 0 Å². The highest BCUT2D eigenvalue weighted by atomic mass is 16.1. The summed E-state index contributed by atoms with van der Waals surface area (Å²) in [5.41, 5.74) is 5.25. The van der Waals surface area contributed by atoms with Gasteiger partial charge in [-0.25, -0.2) is 0 Å². The summed E-state index contributed by atoms with van der Waals surface area (Å²) in [5, 5.41) is 3.41. The van der Waals surface area contributed by atoms with E-state index < -0.39 is 0 Å². The first kappa shape index (κ1) is 9.93. The van der Waals surface area contributed by atoms with Gasteiger partial charge in [-0.05, 0) is 19.4 Å². The molecule has 4 heteroatoms. The number of nitrogens with two attached hydrogens (primary N) is 1. The maximum atomic E-state index is 10.9. The smallest absolute Gasteiger partial charge is 0.219 e. The monoisotopic (exact) mass is 197 g/mol. The minimum absolute atomic E-state index is 0.185. The van der Waals surface area contributed by atoms with Crippen molar-refractivity contribution in [2.24, 2.45) is 5.73 Å². The van der Waals surface area contributed by atoms with E-state index in [2.05, 4.69) is 10.2 Å². The van der Waals surface area contributed by atoms with Gasteiger partial charge in [0.15, 0.2) is 0 Å². The third kappa shape index (κ3) is 2.07. The zero-order chi connectivity index (χ0) is 9.97. The van der Waals surface area contributed by atoms with E-state index in [1.807, 2.05) is 0 Å². The van der Waals surface area contributed by atoms with Gasteiger partial charge in [-0.3, -0.25) is 9.69 Å². The molecule has 2 heterocycles. The first-order chi connectivity index (χ1) is 6.77. The molecule has 0 aromatic heterocycles. The van der Waals surface area contributed by atoms with Gasteiger partial charge in [-0.2, -0.15) is 0 Å². The first-order valence-electron chi connectivity index (χ1n) is 5.53. The van der Waals surface area contributed by atoms with Crippen molar-refractivity contribution in [1.82, 2.24) is 10.2 Å². The highest BCUT2D eigenvalue weighted by molar-refractivity contribution is 5.74. The fourth-order valence-corrected chi connectivity index (χ4v) is 2.70. The molecule has 2 aliphatic heterocycles. The number of rotatable bonds is 2. The largest absolute Gasteiger partial charge is 0.370 e. The van der Waals surface area contributed by atoms with Gasteiger partial charge in [0.25, 0.3) is 0 Å². The van der Waals surface area contributed by atoms with Crippen LogP contribution in [0, 0.1) is 0 Å². The first-order valence-corrected chi connectivity index (χ1v) is 5.53. The number of nitrogens with zero attached hydrogens (tertiary/aromatic N) is 1. The van der Waals surface area contributed by atoms with Crippen LogP contribution in [0.5, 0.6) is 0 Å². The third-order valence-electron chi connectivity index (χ3n) is 3.36. The van der Waals surface area contributed by atoms with E-state index >= 15 is 0 Å². The summed E-state index contributed by atoms with van der Waals surface area (Å²) in [7, 11) is 0. The lowest BCUT2D eigenvalue weighted by Gasteiger charge is -2.44. The summed E-state index contributed by atoms with van der Waals surface area (Å²) < 4.78 is 0. The second kappa shape index (κ2) is 4.28. The molecule has 0 radical (unpaired) electrons. The molecule has 14 heavy (non-hydrogen) atoms. The topological polar surface area (TPSA) is 58.4 Å². The summed E-state index contributed by atoms with van der Waals surface area (Å²) in [6.45, 7) is 3.32. The van der Waals surface area contributed by atoms with E-state index in [0.29, 0.717) is 18.5 Å². The maximum Gasteiger partial charge on any atom is 0.219 e. The predicted molar refractivity (Wildman–Crippen MR) is 54.8 cm³/mol. The number of piperidine rings is 1. The molecule has 80 valence electrons. The average molecular weight is 197 g/mol. The molecule has 0 bridgehead atoms. The predicted octanol–water partition coefficient (Wildman–Crippen LogP) is -0.312. The van der Waals surface area contributed by atoms with Crippen LogP contribution in [0.4, 0.5) is 0 Å². The SMILES string of the molecule is NC(=O)CC1NCCN2CCCCC12. The van der Waals surface area contributed by atoms with Gasteiger partial charge in [-0.15, -0.1) is 0 Å². The number of hydrogen-bond donors (Lipinski definition) is 2. The summed E-state index contributed by atoms with van der Waals surface area (Å²) in [6.07, 6.45) is 4.30. The van der Waals surface area contributed by atoms with Gasteiger partial charge in [0.05, 0.1) is 0 Å². The molecule has 2 aliphatic rings. The second-order valence-electron chi connectivity index (χ2n) is 4.33. The van der Waals surface area contributed by atoms with Gasteiger partial charge in [0.1, 0.15) is 0 Å². The van der Waals surface area contributed by atoms with Crippen molar-refractivity contribution >= 4 is 5.91 Å². The van der Waals surface area contributed by atoms with Crippen LogP contribution >= 0.6 is 0 Å². The molecule has 4 nitrogen and oxygen atoms in total. The van der Waals surface area contributed by atoms with Crippen LogP contribution in [-0.2, 0) is 4.79 Å². The summed E-state index contributed by atoms with van der Waals surface area (Å²) in [6, 6.07) is 0.839. The van der Waals surface area contributed by atoms with Crippen molar-refractivity contribution in [3.05, 3.63) is 0 Å². The van der Waals surface area contributed by atoms with Crippen molar-refractivity contribution in [1.29, 1.82) is 0 Å². The van der Waals surface area contributed by atoms with Crippen molar-refractivity contribution in [3.63, 3.8) is 0 Å². The van der Waals surface area contributed by atoms with E-state index in [0.717, 1.165) is 13.1 Å². The van der Waals surface area contributed by atoms with Crippen molar-refractivity contribution in [3.8, 4) is 0 Å². The van der Waals surface area contributed by atoms with Gasteiger partial charge >= 0.3 is 0 Å². The second-order valence-corrected chi connectivity index (χ2v) is 4.33. The minimum Gasteiger partial charge on any atom is -0.370 e. The number of carbonyl (C=O) groups is 1. The Bertz CT molecular complexity index is 217. The molecule has 0 spiro atoms. The van der Waals surface area contributed by atoms with Gasteiger partial charge < -0.3 is 11.1 Å². The number of carbonyl (C=O) groups excluding carboxylic acids is 1. The number of piperazine rings is 1. The van der Waals surface area contributed by atoms with Gasteiger partial charge in [0, 0.05) is 31.6 Å². The van der Waals surface area contributed by atoms with Gasteiger partial charge in [0.2, 0.25) is 5.91 Å². The molecule has 2 unspecified atom stereocenters. The minimum atomic E-state index is -0.185. The van der Waals surface area contributed by atoms with Crippen molar-refractivity contribution < 1.29 is 4.79 Å². The highest BCUT2D eigenvalue weighted by Crippen LogP contribution is 2.22. The molecular formula is C10H19N3O. The summed E-state index contributed by atoms with van der Waals surface area (Å²) in [4.78, 5) is 13.4. The van der Waals surface area contributed by atoms with Crippen LogP contribution in [0.1, 0.15) is 25.7 Å². The Morgan fingerprint density at radius 1 is 1.43 bits per heavy atom. The molecule has 3 N–H and O–H groups in total. The van der Waals surface area contributed by atoms with E-state index in [1.54, 1.807) is 0 Å². The molecule has 2 saturated heterocycles. The molecule has 0 aliphatic carbocycles. The Morgan fingerprint density at radius 3 is 3.07 bits per heavy atom. The molecule has 0 saturated carbocycles. The molecule has 2 rings (SSSR count). The van der Waals surface area contributed by atoms with E-state index in [9.17, 15) is 4.79 Å². The van der Waals surface area contributed by atoms with Crippen molar-refractivity contribution in [2.45, 2.75) is 37.8 Å². The van der Waals surface area contributed by atoms with Crippen LogP contribution in [-0.4, -0.2) is 42.5 Å². The Balaban J connectivity index is 1.97. The zero-order valence-corrected chi connectivity index (χ0v) is 8.54. The van der Waals surface area contributed by atoms with Crippen LogP contribution < -0.4 is 11.1 Å². The molecule has 1 amide bonds. The fraction of sp³-hybridized carbons (Fsp3) is 0.900. The lowest BCUT2D eigenvalue weighted by atomic mass is 9.91. The van der Waals surface area contributed by atoms with Crippen molar-refractivity contribution in [2.75, 3.05) is 19.6 Å². The molecular weight excluding hydrogens is 178 g/mol. The fourth-order valence-electron chi connectivity index (χ4n) is 2.70. The zero-order valence-electron chi connectivity index (χ0n) is 8.54. The van der Waals surface area contributed by atoms with E-state index in [-0.39, 0.29) is 5.91 Å². The maximum absolute atomic E-state index is 10.9. The molecule has 0 aromatic carbocycles. The summed E-state index contributed by atoms with van der Waals surface area (Å²) in [5.74, 6) is -0.185. The Morgan fingerprint density at radius 2 is 2.29 bits per heavy atom. The number of nitrogens with one attached hydrogen (secondary N) is 1. The summed E-state index contributed by atoms with van der Waals surface area (Å²) >= 11 is 0. The molecule has 0 aromatic rings.